The molecule has 1 amide bonds. The highest BCUT2D eigenvalue weighted by molar-refractivity contribution is 9.10. The van der Waals surface area contributed by atoms with Crippen LogP contribution in [0.25, 0.3) is 0 Å². The van der Waals surface area contributed by atoms with E-state index in [1.54, 1.807) is 13.8 Å². The van der Waals surface area contributed by atoms with E-state index in [0.717, 1.165) is 0 Å². The average molecular weight is 351 g/mol. The summed E-state index contributed by atoms with van der Waals surface area (Å²) in [4.78, 5) is 14.8. The number of nitrogen functional groups attached to an aromatic ring is 1. The molecule has 0 aliphatic heterocycles. The van der Waals surface area contributed by atoms with Crippen molar-refractivity contribution in [2.75, 3.05) is 5.73 Å². The van der Waals surface area contributed by atoms with E-state index in [2.05, 4.69) is 25.6 Å². The number of pyridine rings is 1. The molecule has 106 valence electrons. The number of nitrogens with one attached hydrogen (secondary N) is 1. The summed E-state index contributed by atoms with van der Waals surface area (Å²) in [7, 11) is -3.97. The van der Waals surface area contributed by atoms with Crippen LogP contribution in [-0.4, -0.2) is 25.4 Å². The molecule has 1 aromatic heterocycles. The quantitative estimate of drug-likeness (QED) is 0.699. The number of sulfonamides is 1. The van der Waals surface area contributed by atoms with Crippen molar-refractivity contribution in [3.8, 4) is 0 Å². The lowest BCUT2D eigenvalue weighted by molar-refractivity contribution is -0.120. The number of hydrogen-bond donors (Lipinski definition) is 3. The summed E-state index contributed by atoms with van der Waals surface area (Å²) in [6, 6.07) is 0.298. The van der Waals surface area contributed by atoms with Gasteiger partial charge in [0, 0.05) is 10.7 Å². The maximum Gasteiger partial charge on any atom is 0.245 e. The van der Waals surface area contributed by atoms with Gasteiger partial charge in [0.1, 0.15) is 16.8 Å². The van der Waals surface area contributed by atoms with Crippen molar-refractivity contribution < 1.29 is 13.2 Å². The molecule has 0 aromatic carbocycles. The Morgan fingerprint density at radius 2 is 2.05 bits per heavy atom. The zero-order valence-electron chi connectivity index (χ0n) is 10.4. The van der Waals surface area contributed by atoms with Crippen LogP contribution in [0.15, 0.2) is 21.6 Å². The van der Waals surface area contributed by atoms with Crippen molar-refractivity contribution in [1.29, 1.82) is 0 Å². The summed E-state index contributed by atoms with van der Waals surface area (Å²) in [6.45, 7) is 3.36. The molecule has 19 heavy (non-hydrogen) atoms. The van der Waals surface area contributed by atoms with Gasteiger partial charge < -0.3 is 11.5 Å². The van der Waals surface area contributed by atoms with Gasteiger partial charge in [-0.15, -0.1) is 0 Å². The first-order valence-electron chi connectivity index (χ1n) is 5.38. The predicted molar refractivity (Wildman–Crippen MR) is 74.5 cm³/mol. The monoisotopic (exact) mass is 350 g/mol. The minimum atomic E-state index is -3.97. The van der Waals surface area contributed by atoms with Gasteiger partial charge in [-0.25, -0.2) is 13.4 Å². The van der Waals surface area contributed by atoms with Gasteiger partial charge in [-0.1, -0.05) is 13.8 Å². The Bertz CT molecular complexity index is 588. The molecule has 1 heterocycles. The summed E-state index contributed by atoms with van der Waals surface area (Å²) < 4.78 is 27.0. The van der Waals surface area contributed by atoms with Crippen molar-refractivity contribution in [1.82, 2.24) is 9.71 Å². The Balaban J connectivity index is 3.17. The number of carbonyl (C=O) groups is 1. The van der Waals surface area contributed by atoms with Gasteiger partial charge in [0.25, 0.3) is 0 Å². The number of hydrogen-bond acceptors (Lipinski definition) is 5. The van der Waals surface area contributed by atoms with Crippen LogP contribution < -0.4 is 16.2 Å². The minimum absolute atomic E-state index is 0.150. The molecule has 1 unspecified atom stereocenters. The van der Waals surface area contributed by atoms with Crippen LogP contribution in [0.5, 0.6) is 0 Å². The van der Waals surface area contributed by atoms with Gasteiger partial charge in [-0.05, 0) is 27.9 Å². The van der Waals surface area contributed by atoms with Crippen molar-refractivity contribution in [2.45, 2.75) is 24.8 Å². The van der Waals surface area contributed by atoms with Crippen LogP contribution in [0.3, 0.4) is 0 Å². The summed E-state index contributed by atoms with van der Waals surface area (Å²) in [5.41, 5.74) is 10.7. The number of halogens is 1. The molecule has 0 bridgehead atoms. The SMILES string of the molecule is CC(C)C(NS(=O)(=O)c1cc(Br)cnc1N)C(N)=O. The molecule has 1 atom stereocenters. The lowest BCUT2D eigenvalue weighted by Crippen LogP contribution is -2.47. The Hall–Kier alpha value is -1.19. The number of primary amides is 1. The highest BCUT2D eigenvalue weighted by Crippen LogP contribution is 2.21. The summed E-state index contributed by atoms with van der Waals surface area (Å²) >= 11 is 3.11. The Morgan fingerprint density at radius 3 is 2.53 bits per heavy atom. The first-order chi connectivity index (χ1) is 8.65. The fourth-order valence-electron chi connectivity index (χ4n) is 1.40. The zero-order valence-corrected chi connectivity index (χ0v) is 12.8. The average Bonchev–Trinajstić information content (AvgIpc) is 2.28. The second-order valence-electron chi connectivity index (χ2n) is 4.28. The van der Waals surface area contributed by atoms with Gasteiger partial charge in [0.15, 0.2) is 0 Å². The third-order valence-corrected chi connectivity index (χ3v) is 4.30. The summed E-state index contributed by atoms with van der Waals surface area (Å²) in [5.74, 6) is -1.18. The molecule has 1 rings (SSSR count). The van der Waals surface area contributed by atoms with E-state index in [1.807, 2.05) is 0 Å². The summed E-state index contributed by atoms with van der Waals surface area (Å²) in [5, 5.41) is 0. The zero-order chi connectivity index (χ0) is 14.8. The molecule has 0 aliphatic rings. The van der Waals surface area contributed by atoms with Crippen LogP contribution in [0.2, 0.25) is 0 Å². The van der Waals surface area contributed by atoms with Crippen molar-refractivity contribution in [2.24, 2.45) is 11.7 Å². The van der Waals surface area contributed by atoms with Crippen molar-refractivity contribution in [3.05, 3.63) is 16.7 Å². The van der Waals surface area contributed by atoms with Crippen LogP contribution in [0.4, 0.5) is 5.82 Å². The first kappa shape index (κ1) is 15.9. The van der Waals surface area contributed by atoms with Crippen molar-refractivity contribution >= 4 is 37.7 Å². The standard InChI is InChI=1S/C10H15BrN4O3S/c1-5(2)8(10(13)16)15-19(17,18)7-3-6(11)4-14-9(7)12/h3-5,8,15H,1-2H3,(H2,12,14)(H2,13,16). The van der Waals surface area contributed by atoms with Gasteiger partial charge >= 0.3 is 0 Å². The highest BCUT2D eigenvalue weighted by atomic mass is 79.9. The Morgan fingerprint density at radius 1 is 1.47 bits per heavy atom. The molecular weight excluding hydrogens is 336 g/mol. The number of nitrogens with zero attached hydrogens (tertiary/aromatic N) is 1. The molecule has 0 saturated carbocycles. The number of amides is 1. The van der Waals surface area contributed by atoms with Crippen LogP contribution in [0, 0.1) is 5.92 Å². The number of rotatable bonds is 5. The lowest BCUT2D eigenvalue weighted by atomic mass is 10.1. The molecule has 7 nitrogen and oxygen atoms in total. The first-order valence-corrected chi connectivity index (χ1v) is 7.65. The maximum absolute atomic E-state index is 12.2. The van der Waals surface area contributed by atoms with E-state index >= 15 is 0 Å². The van der Waals surface area contributed by atoms with E-state index in [4.69, 9.17) is 11.5 Å². The van der Waals surface area contributed by atoms with Gasteiger partial charge in [0.05, 0.1) is 0 Å². The summed E-state index contributed by atoms with van der Waals surface area (Å²) in [6.07, 6.45) is 1.38. The molecule has 1 aromatic rings. The highest BCUT2D eigenvalue weighted by Gasteiger charge is 2.28. The van der Waals surface area contributed by atoms with Gasteiger partial charge in [-0.3, -0.25) is 4.79 Å². The van der Waals surface area contributed by atoms with E-state index in [-0.39, 0.29) is 16.6 Å². The topological polar surface area (TPSA) is 128 Å². The number of anilines is 1. The third-order valence-electron chi connectivity index (χ3n) is 2.39. The molecule has 0 spiro atoms. The van der Waals surface area contributed by atoms with Crippen LogP contribution in [-0.2, 0) is 14.8 Å². The molecule has 0 saturated heterocycles. The number of carbonyl (C=O) groups excluding carboxylic acids is 1. The second-order valence-corrected chi connectivity index (χ2v) is 6.88. The normalized spacial score (nSPS) is 13.5. The van der Waals surface area contributed by atoms with E-state index in [0.29, 0.717) is 4.47 Å². The van der Waals surface area contributed by atoms with Gasteiger partial charge in [-0.2, -0.15) is 4.72 Å². The molecule has 0 aliphatic carbocycles. The van der Waals surface area contributed by atoms with Gasteiger partial charge in [0.2, 0.25) is 15.9 Å². The lowest BCUT2D eigenvalue weighted by Gasteiger charge is -2.19. The largest absolute Gasteiger partial charge is 0.383 e. The number of nitrogens with two attached hydrogens (primary N) is 2. The minimum Gasteiger partial charge on any atom is -0.383 e. The van der Waals surface area contributed by atoms with E-state index < -0.39 is 22.0 Å². The van der Waals surface area contributed by atoms with E-state index in [9.17, 15) is 13.2 Å². The smallest absolute Gasteiger partial charge is 0.245 e. The Kier molecular flexibility index (Phi) is 4.88. The molecule has 0 radical (unpaired) electrons. The van der Waals surface area contributed by atoms with Crippen LogP contribution >= 0.6 is 15.9 Å². The predicted octanol–water partition coefficient (Wildman–Crippen LogP) is 0.215. The molecule has 0 fully saturated rings. The van der Waals surface area contributed by atoms with Crippen molar-refractivity contribution in [3.63, 3.8) is 0 Å². The fourth-order valence-corrected chi connectivity index (χ4v) is 3.34. The fraction of sp³-hybridized carbons (Fsp3) is 0.400. The molecular formula is C10H15BrN4O3S. The third kappa shape index (κ3) is 3.88. The number of aromatic nitrogens is 1. The molecule has 5 N–H and O–H groups in total. The van der Waals surface area contributed by atoms with E-state index in [1.165, 1.54) is 12.3 Å². The Labute approximate surface area is 119 Å². The maximum atomic E-state index is 12.2. The molecule has 9 heteroatoms. The second kappa shape index (κ2) is 5.85. The van der Waals surface area contributed by atoms with Crippen LogP contribution in [0.1, 0.15) is 13.8 Å².